The fraction of sp³-hybridized carbons (Fsp3) is 0.462. The number of nitrogens with zero attached hydrogens (tertiary/aromatic N) is 1. The Morgan fingerprint density at radius 1 is 1.47 bits per heavy atom. The van der Waals surface area contributed by atoms with Gasteiger partial charge in [-0.1, -0.05) is 12.1 Å². The molecule has 19 heavy (non-hydrogen) atoms. The van der Waals surface area contributed by atoms with Crippen LogP contribution in [0.4, 0.5) is 0 Å². The van der Waals surface area contributed by atoms with E-state index < -0.39 is 10.0 Å². The van der Waals surface area contributed by atoms with Gasteiger partial charge in [0.25, 0.3) is 0 Å². The minimum absolute atomic E-state index is 0.140. The van der Waals surface area contributed by atoms with Crippen molar-refractivity contribution < 1.29 is 13.2 Å². The Morgan fingerprint density at radius 2 is 2.21 bits per heavy atom. The molecule has 1 heterocycles. The molecular weight excluding hydrogens is 264 g/mol. The molecular formula is C13H18N2O3S. The lowest BCUT2D eigenvalue weighted by atomic mass is 10.1. The first kappa shape index (κ1) is 14.2. The Balaban J connectivity index is 2.30. The minimum atomic E-state index is -3.51. The lowest BCUT2D eigenvalue weighted by Gasteiger charge is -2.16. The largest absolute Gasteiger partial charge is 0.330 e. The van der Waals surface area contributed by atoms with E-state index in [4.69, 9.17) is 5.73 Å². The molecule has 2 N–H and O–H groups in total. The second-order valence-corrected chi connectivity index (χ2v) is 6.78. The van der Waals surface area contributed by atoms with Gasteiger partial charge < -0.3 is 5.73 Å². The van der Waals surface area contributed by atoms with E-state index in [-0.39, 0.29) is 16.6 Å². The standard InChI is InChI=1S/C13H18N2O3S/c1-10(16)12-3-2-4-13(7-12)19(17,18)15-6-5-11(8-14)9-15/h2-4,7,11H,5-6,8-9,14H2,1H3. The molecule has 5 nitrogen and oxygen atoms in total. The Morgan fingerprint density at radius 3 is 2.79 bits per heavy atom. The Kier molecular flexibility index (Phi) is 4.03. The molecule has 1 fully saturated rings. The first-order chi connectivity index (χ1) is 8.95. The second kappa shape index (κ2) is 5.40. The van der Waals surface area contributed by atoms with E-state index >= 15 is 0 Å². The van der Waals surface area contributed by atoms with E-state index in [0.717, 1.165) is 6.42 Å². The molecule has 0 aromatic heterocycles. The van der Waals surface area contributed by atoms with Crippen LogP contribution in [-0.2, 0) is 10.0 Å². The molecule has 104 valence electrons. The van der Waals surface area contributed by atoms with Gasteiger partial charge in [-0.15, -0.1) is 0 Å². The number of sulfonamides is 1. The normalized spacial score (nSPS) is 20.6. The van der Waals surface area contributed by atoms with Crippen LogP contribution in [0.2, 0.25) is 0 Å². The predicted octanol–water partition coefficient (Wildman–Crippen LogP) is 0.859. The highest BCUT2D eigenvalue weighted by Gasteiger charge is 2.31. The van der Waals surface area contributed by atoms with Crippen molar-refractivity contribution in [2.45, 2.75) is 18.2 Å². The van der Waals surface area contributed by atoms with E-state index in [9.17, 15) is 13.2 Å². The summed E-state index contributed by atoms with van der Waals surface area (Å²) in [4.78, 5) is 11.5. The van der Waals surface area contributed by atoms with E-state index in [1.54, 1.807) is 12.1 Å². The molecule has 0 spiro atoms. The quantitative estimate of drug-likeness (QED) is 0.831. The molecule has 1 aliphatic rings. The Bertz CT molecular complexity index is 583. The summed E-state index contributed by atoms with van der Waals surface area (Å²) in [6, 6.07) is 6.18. The average molecular weight is 282 g/mol. The van der Waals surface area contributed by atoms with Crippen molar-refractivity contribution in [1.29, 1.82) is 0 Å². The fourth-order valence-electron chi connectivity index (χ4n) is 2.23. The highest BCUT2D eigenvalue weighted by Crippen LogP contribution is 2.24. The van der Waals surface area contributed by atoms with Gasteiger partial charge in [-0.2, -0.15) is 4.31 Å². The van der Waals surface area contributed by atoms with Crippen LogP contribution in [0.15, 0.2) is 29.2 Å². The van der Waals surface area contributed by atoms with Crippen molar-refractivity contribution in [3.05, 3.63) is 29.8 Å². The van der Waals surface area contributed by atoms with Gasteiger partial charge in [0.2, 0.25) is 10.0 Å². The van der Waals surface area contributed by atoms with Gasteiger partial charge in [0, 0.05) is 18.7 Å². The fourth-order valence-corrected chi connectivity index (χ4v) is 3.81. The van der Waals surface area contributed by atoms with Crippen LogP contribution in [0.25, 0.3) is 0 Å². The zero-order chi connectivity index (χ0) is 14.0. The van der Waals surface area contributed by atoms with Crippen molar-refractivity contribution >= 4 is 15.8 Å². The monoisotopic (exact) mass is 282 g/mol. The first-order valence-electron chi connectivity index (χ1n) is 6.26. The van der Waals surface area contributed by atoms with Crippen LogP contribution in [-0.4, -0.2) is 38.1 Å². The number of ketones is 1. The number of benzene rings is 1. The molecule has 1 aromatic rings. The van der Waals surface area contributed by atoms with Crippen LogP contribution in [0.3, 0.4) is 0 Å². The molecule has 1 unspecified atom stereocenters. The number of nitrogens with two attached hydrogens (primary N) is 1. The third kappa shape index (κ3) is 2.86. The van der Waals surface area contributed by atoms with E-state index in [2.05, 4.69) is 0 Å². The maximum absolute atomic E-state index is 12.4. The van der Waals surface area contributed by atoms with Gasteiger partial charge in [0.15, 0.2) is 5.78 Å². The van der Waals surface area contributed by atoms with Crippen LogP contribution >= 0.6 is 0 Å². The molecule has 0 aliphatic carbocycles. The molecule has 0 bridgehead atoms. The lowest BCUT2D eigenvalue weighted by Crippen LogP contribution is -2.30. The Hall–Kier alpha value is -1.24. The van der Waals surface area contributed by atoms with Gasteiger partial charge >= 0.3 is 0 Å². The molecule has 1 saturated heterocycles. The predicted molar refractivity (Wildman–Crippen MR) is 72.4 cm³/mol. The van der Waals surface area contributed by atoms with E-state index in [1.807, 2.05) is 0 Å². The van der Waals surface area contributed by atoms with Gasteiger partial charge in [-0.05, 0) is 37.9 Å². The van der Waals surface area contributed by atoms with Crippen LogP contribution in [0.5, 0.6) is 0 Å². The molecule has 0 amide bonds. The van der Waals surface area contributed by atoms with Crippen molar-refractivity contribution in [2.24, 2.45) is 11.7 Å². The minimum Gasteiger partial charge on any atom is -0.330 e. The summed E-state index contributed by atoms with van der Waals surface area (Å²) in [6.45, 7) is 2.88. The lowest BCUT2D eigenvalue weighted by molar-refractivity contribution is 0.101. The van der Waals surface area contributed by atoms with Crippen LogP contribution < -0.4 is 5.73 Å². The second-order valence-electron chi connectivity index (χ2n) is 4.84. The molecule has 1 aliphatic heterocycles. The maximum atomic E-state index is 12.4. The summed E-state index contributed by atoms with van der Waals surface area (Å²) in [7, 11) is -3.51. The van der Waals surface area contributed by atoms with E-state index in [0.29, 0.717) is 25.2 Å². The number of Topliss-reactive ketones (excluding diaryl/α,β-unsaturated/α-hetero) is 1. The molecule has 1 aromatic carbocycles. The highest BCUT2D eigenvalue weighted by atomic mass is 32.2. The van der Waals surface area contributed by atoms with Gasteiger partial charge in [-0.25, -0.2) is 8.42 Å². The number of rotatable bonds is 4. The summed E-state index contributed by atoms with van der Waals surface area (Å²) < 4.78 is 26.3. The SMILES string of the molecule is CC(=O)c1cccc(S(=O)(=O)N2CCC(CN)C2)c1. The number of hydrogen-bond donors (Lipinski definition) is 1. The van der Waals surface area contributed by atoms with Gasteiger partial charge in [-0.3, -0.25) is 4.79 Å². The molecule has 0 saturated carbocycles. The summed E-state index contributed by atoms with van der Waals surface area (Å²) >= 11 is 0. The summed E-state index contributed by atoms with van der Waals surface area (Å²) in [6.07, 6.45) is 0.794. The first-order valence-corrected chi connectivity index (χ1v) is 7.70. The number of carbonyl (C=O) groups excluding carboxylic acids is 1. The maximum Gasteiger partial charge on any atom is 0.243 e. The number of carbonyl (C=O) groups is 1. The third-order valence-electron chi connectivity index (χ3n) is 3.46. The van der Waals surface area contributed by atoms with Crippen LogP contribution in [0, 0.1) is 5.92 Å². The zero-order valence-electron chi connectivity index (χ0n) is 10.9. The Labute approximate surface area is 113 Å². The molecule has 0 radical (unpaired) electrons. The highest BCUT2D eigenvalue weighted by molar-refractivity contribution is 7.89. The van der Waals surface area contributed by atoms with Crippen LogP contribution in [0.1, 0.15) is 23.7 Å². The molecule has 2 rings (SSSR count). The van der Waals surface area contributed by atoms with Crippen molar-refractivity contribution in [2.75, 3.05) is 19.6 Å². The topological polar surface area (TPSA) is 80.5 Å². The average Bonchev–Trinajstić information content (AvgIpc) is 2.88. The van der Waals surface area contributed by atoms with Gasteiger partial charge in [0.1, 0.15) is 0 Å². The molecule has 1 atom stereocenters. The zero-order valence-corrected chi connectivity index (χ0v) is 11.7. The summed E-state index contributed by atoms with van der Waals surface area (Å²) in [5.41, 5.74) is 5.99. The number of hydrogen-bond acceptors (Lipinski definition) is 4. The third-order valence-corrected chi connectivity index (χ3v) is 5.32. The van der Waals surface area contributed by atoms with Gasteiger partial charge in [0.05, 0.1) is 4.90 Å². The summed E-state index contributed by atoms with van der Waals surface area (Å²) in [5.74, 6) is 0.0871. The van der Waals surface area contributed by atoms with Crippen molar-refractivity contribution in [1.82, 2.24) is 4.31 Å². The summed E-state index contributed by atoms with van der Waals surface area (Å²) in [5, 5.41) is 0. The van der Waals surface area contributed by atoms with Crippen molar-refractivity contribution in [3.8, 4) is 0 Å². The molecule has 6 heteroatoms. The smallest absolute Gasteiger partial charge is 0.243 e. The van der Waals surface area contributed by atoms with E-state index in [1.165, 1.54) is 23.4 Å². The van der Waals surface area contributed by atoms with Crippen molar-refractivity contribution in [3.63, 3.8) is 0 Å².